The van der Waals surface area contributed by atoms with Crippen LogP contribution >= 0.6 is 0 Å². The molecule has 2 rings (SSSR count). The van der Waals surface area contributed by atoms with Crippen LogP contribution in [-0.2, 0) is 9.53 Å². The molecule has 0 fully saturated rings. The first-order valence-electron chi connectivity index (χ1n) is 9.55. The molecule has 3 nitrogen and oxygen atoms in total. The van der Waals surface area contributed by atoms with Crippen molar-refractivity contribution < 1.29 is 9.53 Å². The predicted octanol–water partition coefficient (Wildman–Crippen LogP) is 6.00. The van der Waals surface area contributed by atoms with E-state index < -0.39 is 0 Å². The summed E-state index contributed by atoms with van der Waals surface area (Å²) in [7, 11) is 0. The minimum atomic E-state index is -0.368. The van der Waals surface area contributed by atoms with Crippen molar-refractivity contribution >= 4 is 12.0 Å². The van der Waals surface area contributed by atoms with E-state index >= 15 is 0 Å². The number of esters is 1. The van der Waals surface area contributed by atoms with Gasteiger partial charge in [0, 0.05) is 11.6 Å². The molecule has 0 saturated heterocycles. The maximum absolute atomic E-state index is 11.9. The third kappa shape index (κ3) is 6.75. The lowest BCUT2D eigenvalue weighted by atomic mass is 9.96. The number of ether oxygens (including phenoxy) is 1. The topological polar surface area (TPSA) is 50.1 Å². The van der Waals surface area contributed by atoms with E-state index in [0.29, 0.717) is 17.7 Å². The fourth-order valence-electron chi connectivity index (χ4n) is 2.90. The molecule has 0 saturated carbocycles. The maximum atomic E-state index is 11.9. The molecule has 27 heavy (non-hydrogen) atoms. The molecule has 0 aliphatic carbocycles. The molecule has 0 radical (unpaired) electrons. The minimum Gasteiger partial charge on any atom is -0.463 e. The first-order chi connectivity index (χ1) is 13.1. The average Bonchev–Trinajstić information content (AvgIpc) is 2.69. The van der Waals surface area contributed by atoms with E-state index in [1.54, 1.807) is 6.08 Å². The highest BCUT2D eigenvalue weighted by Gasteiger charge is 2.08. The summed E-state index contributed by atoms with van der Waals surface area (Å²) in [5, 5.41) is 9.59. The smallest absolute Gasteiger partial charge is 0.330 e. The van der Waals surface area contributed by atoms with Crippen molar-refractivity contribution in [3.05, 3.63) is 65.7 Å². The van der Waals surface area contributed by atoms with Crippen LogP contribution in [0, 0.1) is 17.2 Å². The summed E-state index contributed by atoms with van der Waals surface area (Å²) in [6.45, 7) is 4.87. The Labute approximate surface area is 162 Å². The van der Waals surface area contributed by atoms with Gasteiger partial charge in [0.25, 0.3) is 0 Å². The SMILES string of the molecule is CC(C)CCCCCOC(=O)/C=C/c1cccc(-c2ccccc2)c1C#N. The summed E-state index contributed by atoms with van der Waals surface area (Å²) in [6, 6.07) is 17.7. The highest BCUT2D eigenvalue weighted by atomic mass is 16.5. The Kier molecular flexibility index (Phi) is 8.32. The lowest BCUT2D eigenvalue weighted by Crippen LogP contribution is -2.02. The normalized spacial score (nSPS) is 10.9. The Morgan fingerprint density at radius 3 is 2.56 bits per heavy atom. The van der Waals surface area contributed by atoms with Crippen molar-refractivity contribution in [1.29, 1.82) is 5.26 Å². The average molecular weight is 361 g/mol. The second kappa shape index (κ2) is 11.0. The third-order valence-electron chi connectivity index (χ3n) is 4.36. The minimum absolute atomic E-state index is 0.368. The molecule has 2 aromatic rings. The lowest BCUT2D eigenvalue weighted by Gasteiger charge is -2.07. The van der Waals surface area contributed by atoms with Crippen molar-refractivity contribution in [1.82, 2.24) is 0 Å². The number of carbonyl (C=O) groups is 1. The molecule has 0 amide bonds. The summed E-state index contributed by atoms with van der Waals surface area (Å²) >= 11 is 0. The van der Waals surface area contributed by atoms with Gasteiger partial charge in [0.1, 0.15) is 6.07 Å². The second-order valence-electron chi connectivity index (χ2n) is 6.99. The second-order valence-corrected chi connectivity index (χ2v) is 6.99. The number of hydrogen-bond donors (Lipinski definition) is 0. The van der Waals surface area contributed by atoms with Crippen LogP contribution in [0.5, 0.6) is 0 Å². The Morgan fingerprint density at radius 2 is 1.85 bits per heavy atom. The Hall–Kier alpha value is -2.86. The fraction of sp³-hybridized carbons (Fsp3) is 0.333. The zero-order valence-electron chi connectivity index (χ0n) is 16.2. The van der Waals surface area contributed by atoms with Gasteiger partial charge in [-0.2, -0.15) is 5.26 Å². The molecule has 0 bridgehead atoms. The Balaban J connectivity index is 1.95. The number of rotatable bonds is 9. The highest BCUT2D eigenvalue weighted by Crippen LogP contribution is 2.26. The molecule has 0 unspecified atom stereocenters. The van der Waals surface area contributed by atoms with Crippen molar-refractivity contribution in [3.63, 3.8) is 0 Å². The number of benzene rings is 2. The standard InChI is InChI=1S/C24H27NO2/c1-19(2)10-5-4-8-17-27-24(26)16-15-21-13-9-14-22(23(21)18-25)20-11-6-3-7-12-20/h3,6-7,9,11-16,19H,4-5,8,10,17H2,1-2H3/b16-15+. The van der Waals surface area contributed by atoms with E-state index in [-0.39, 0.29) is 5.97 Å². The molecule has 0 heterocycles. The molecule has 0 spiro atoms. The van der Waals surface area contributed by atoms with E-state index in [2.05, 4.69) is 19.9 Å². The zero-order chi connectivity index (χ0) is 19.5. The van der Waals surface area contributed by atoms with Gasteiger partial charge in [-0.25, -0.2) is 4.79 Å². The fourth-order valence-corrected chi connectivity index (χ4v) is 2.90. The largest absolute Gasteiger partial charge is 0.463 e. The van der Waals surface area contributed by atoms with Gasteiger partial charge in [0.2, 0.25) is 0 Å². The predicted molar refractivity (Wildman–Crippen MR) is 110 cm³/mol. The van der Waals surface area contributed by atoms with Crippen LogP contribution < -0.4 is 0 Å². The number of carbonyl (C=O) groups excluding carboxylic acids is 1. The molecule has 0 aliphatic rings. The van der Waals surface area contributed by atoms with Crippen LogP contribution in [0.3, 0.4) is 0 Å². The molecular weight excluding hydrogens is 334 g/mol. The molecule has 0 N–H and O–H groups in total. The van der Waals surface area contributed by atoms with E-state index in [9.17, 15) is 10.1 Å². The van der Waals surface area contributed by atoms with Gasteiger partial charge in [0.15, 0.2) is 0 Å². The van der Waals surface area contributed by atoms with Gasteiger partial charge in [-0.15, -0.1) is 0 Å². The van der Waals surface area contributed by atoms with Gasteiger partial charge in [-0.3, -0.25) is 0 Å². The van der Waals surface area contributed by atoms with Crippen LogP contribution in [0.4, 0.5) is 0 Å². The number of nitrogens with zero attached hydrogens (tertiary/aromatic N) is 1. The Bertz CT molecular complexity index is 801. The van der Waals surface area contributed by atoms with Crippen molar-refractivity contribution in [2.45, 2.75) is 39.5 Å². The number of nitriles is 1. The highest BCUT2D eigenvalue weighted by molar-refractivity contribution is 5.88. The molecule has 2 aromatic carbocycles. The summed E-state index contributed by atoms with van der Waals surface area (Å²) in [6.07, 6.45) is 7.41. The molecule has 0 aromatic heterocycles. The number of hydrogen-bond acceptors (Lipinski definition) is 3. The first kappa shape index (κ1) is 20.5. The van der Waals surface area contributed by atoms with Crippen LogP contribution in [0.25, 0.3) is 17.2 Å². The Morgan fingerprint density at radius 1 is 1.07 bits per heavy atom. The first-order valence-corrected chi connectivity index (χ1v) is 9.55. The van der Waals surface area contributed by atoms with E-state index in [1.807, 2.05) is 48.5 Å². The summed E-state index contributed by atoms with van der Waals surface area (Å²) < 4.78 is 5.25. The zero-order valence-corrected chi connectivity index (χ0v) is 16.2. The van der Waals surface area contributed by atoms with E-state index in [1.165, 1.54) is 18.9 Å². The van der Waals surface area contributed by atoms with Gasteiger partial charge in [-0.05, 0) is 29.5 Å². The maximum Gasteiger partial charge on any atom is 0.330 e. The van der Waals surface area contributed by atoms with Gasteiger partial charge in [0.05, 0.1) is 12.2 Å². The lowest BCUT2D eigenvalue weighted by molar-refractivity contribution is -0.137. The van der Waals surface area contributed by atoms with Crippen molar-refractivity contribution in [3.8, 4) is 17.2 Å². The monoisotopic (exact) mass is 361 g/mol. The van der Waals surface area contributed by atoms with Crippen molar-refractivity contribution in [2.75, 3.05) is 6.61 Å². The van der Waals surface area contributed by atoms with Crippen molar-refractivity contribution in [2.24, 2.45) is 5.92 Å². The summed E-state index contributed by atoms with van der Waals surface area (Å²) in [4.78, 5) is 11.9. The van der Waals surface area contributed by atoms with Crippen LogP contribution in [0.1, 0.15) is 50.7 Å². The van der Waals surface area contributed by atoms with E-state index in [0.717, 1.165) is 29.9 Å². The molecule has 0 aliphatic heterocycles. The summed E-state index contributed by atoms with van der Waals surface area (Å²) in [5.74, 6) is 0.351. The van der Waals surface area contributed by atoms with E-state index in [4.69, 9.17) is 4.74 Å². The van der Waals surface area contributed by atoms with Gasteiger partial charge in [-0.1, -0.05) is 81.6 Å². The molecule has 140 valence electrons. The molecule has 0 atom stereocenters. The summed E-state index contributed by atoms with van der Waals surface area (Å²) in [5.41, 5.74) is 3.11. The van der Waals surface area contributed by atoms with Crippen LogP contribution in [0.2, 0.25) is 0 Å². The number of unbranched alkanes of at least 4 members (excludes halogenated alkanes) is 2. The van der Waals surface area contributed by atoms with Crippen LogP contribution in [0.15, 0.2) is 54.6 Å². The third-order valence-corrected chi connectivity index (χ3v) is 4.36. The van der Waals surface area contributed by atoms with Gasteiger partial charge < -0.3 is 4.74 Å². The van der Waals surface area contributed by atoms with Crippen LogP contribution in [-0.4, -0.2) is 12.6 Å². The van der Waals surface area contributed by atoms with Gasteiger partial charge >= 0.3 is 5.97 Å². The molecule has 3 heteroatoms. The molecular formula is C24H27NO2. The quantitative estimate of drug-likeness (QED) is 0.313.